The number of phenols is 1. The smallest absolute Gasteiger partial charge is 0.122 e. The summed E-state index contributed by atoms with van der Waals surface area (Å²) in [4.78, 5) is 0. The van der Waals surface area contributed by atoms with Crippen LogP contribution in [-0.2, 0) is 12.8 Å². The third-order valence-electron chi connectivity index (χ3n) is 4.02. The quantitative estimate of drug-likeness (QED) is 0.433. The van der Waals surface area contributed by atoms with Crippen molar-refractivity contribution in [2.24, 2.45) is 0 Å². The Morgan fingerprint density at radius 1 is 0.538 bits per heavy atom. The Morgan fingerprint density at radius 3 is 1.35 bits per heavy atom. The van der Waals surface area contributed by atoms with Crippen molar-refractivity contribution in [1.82, 2.24) is 0 Å². The molecule has 1 N–H and O–H groups in total. The predicted molar refractivity (Wildman–Crippen MR) is 112 cm³/mol. The van der Waals surface area contributed by atoms with Gasteiger partial charge in [-0.2, -0.15) is 0 Å². The van der Waals surface area contributed by atoms with Crippen LogP contribution in [0.25, 0.3) is 0 Å². The summed E-state index contributed by atoms with van der Waals surface area (Å²) in [5.74, 6) is 0.173. The molecule has 0 bridgehead atoms. The van der Waals surface area contributed by atoms with Crippen LogP contribution < -0.4 is 0 Å². The molecule has 0 fully saturated rings. The van der Waals surface area contributed by atoms with Gasteiger partial charge in [0.2, 0.25) is 0 Å². The highest BCUT2D eigenvalue weighted by Crippen LogP contribution is 2.34. The lowest BCUT2D eigenvalue weighted by atomic mass is 9.97. The molecule has 0 saturated heterocycles. The number of benzene rings is 3. The van der Waals surface area contributed by atoms with Crippen LogP contribution in [0.1, 0.15) is 22.3 Å². The number of halogens is 5. The van der Waals surface area contributed by atoms with Gasteiger partial charge in [-0.1, -0.05) is 70.1 Å². The molecule has 0 radical (unpaired) electrons. The molecule has 0 spiro atoms. The first-order valence-corrected chi connectivity index (χ1v) is 9.60. The van der Waals surface area contributed by atoms with Crippen LogP contribution in [0.2, 0.25) is 25.1 Å². The van der Waals surface area contributed by atoms with Gasteiger partial charge in [0.15, 0.2) is 0 Å². The molecule has 0 unspecified atom stereocenters. The largest absolute Gasteiger partial charge is 0.507 e. The molecule has 26 heavy (non-hydrogen) atoms. The fraction of sp³-hybridized carbons (Fsp3) is 0.100. The SMILES string of the molecule is Oc1c(Cc2ccc(Cl)cc2Cl)cc(Cl)cc1Cc1ccc(Cl)cc1Cl. The van der Waals surface area contributed by atoms with Gasteiger partial charge >= 0.3 is 0 Å². The zero-order valence-electron chi connectivity index (χ0n) is 13.4. The molecule has 0 heterocycles. The van der Waals surface area contributed by atoms with Crippen molar-refractivity contribution in [3.63, 3.8) is 0 Å². The van der Waals surface area contributed by atoms with E-state index in [1.165, 1.54) is 0 Å². The minimum Gasteiger partial charge on any atom is -0.507 e. The first-order chi connectivity index (χ1) is 12.3. The molecular formula is C20H13Cl5O. The van der Waals surface area contributed by atoms with Crippen LogP contribution in [0.4, 0.5) is 0 Å². The van der Waals surface area contributed by atoms with Gasteiger partial charge in [-0.3, -0.25) is 0 Å². The Kier molecular flexibility index (Phi) is 6.27. The lowest BCUT2D eigenvalue weighted by Crippen LogP contribution is -1.96. The lowest BCUT2D eigenvalue weighted by molar-refractivity contribution is 0.463. The Morgan fingerprint density at radius 2 is 0.962 bits per heavy atom. The fourth-order valence-corrected chi connectivity index (χ4v) is 3.94. The second-order valence-electron chi connectivity index (χ2n) is 5.90. The Balaban J connectivity index is 1.95. The first-order valence-electron chi connectivity index (χ1n) is 7.71. The minimum absolute atomic E-state index is 0.173. The van der Waals surface area contributed by atoms with Crippen molar-refractivity contribution in [3.05, 3.63) is 95.9 Å². The van der Waals surface area contributed by atoms with E-state index in [2.05, 4.69) is 0 Å². The van der Waals surface area contributed by atoms with Crippen LogP contribution >= 0.6 is 58.0 Å². The summed E-state index contributed by atoms with van der Waals surface area (Å²) < 4.78 is 0. The maximum absolute atomic E-state index is 10.7. The minimum atomic E-state index is 0.173. The molecule has 1 nitrogen and oxygen atoms in total. The van der Waals surface area contributed by atoms with Crippen molar-refractivity contribution in [2.45, 2.75) is 12.8 Å². The molecule has 6 heteroatoms. The second-order valence-corrected chi connectivity index (χ2v) is 8.02. The molecule has 0 saturated carbocycles. The summed E-state index contributed by atoms with van der Waals surface area (Å²) in [6.45, 7) is 0. The van der Waals surface area contributed by atoms with Crippen LogP contribution in [0, 0.1) is 0 Å². The Hall–Kier alpha value is -1.09. The average molecular weight is 447 g/mol. The van der Waals surface area contributed by atoms with Gasteiger partial charge in [0.25, 0.3) is 0 Å². The number of phenolic OH excluding ortho intramolecular Hbond substituents is 1. The number of hydrogen-bond donors (Lipinski definition) is 1. The standard InChI is InChI=1S/C20H13Cl5O/c21-15-3-1-11(18(24)9-15)5-13-7-17(23)8-14(20(13)26)6-12-2-4-16(22)10-19(12)25/h1-4,7-10,26H,5-6H2. The summed E-state index contributed by atoms with van der Waals surface area (Å²) in [6.07, 6.45) is 0.869. The molecule has 0 amide bonds. The van der Waals surface area contributed by atoms with Crippen molar-refractivity contribution < 1.29 is 5.11 Å². The van der Waals surface area contributed by atoms with Crippen molar-refractivity contribution in [2.75, 3.05) is 0 Å². The molecule has 0 atom stereocenters. The number of aromatic hydroxyl groups is 1. The molecule has 0 aliphatic heterocycles. The summed E-state index contributed by atoms with van der Waals surface area (Å²) >= 11 is 30.6. The van der Waals surface area contributed by atoms with E-state index in [4.69, 9.17) is 58.0 Å². The highest BCUT2D eigenvalue weighted by Gasteiger charge is 2.14. The van der Waals surface area contributed by atoms with Gasteiger partial charge in [-0.25, -0.2) is 0 Å². The highest BCUT2D eigenvalue weighted by atomic mass is 35.5. The van der Waals surface area contributed by atoms with E-state index >= 15 is 0 Å². The molecule has 3 aromatic rings. The van der Waals surface area contributed by atoms with E-state index in [0.717, 1.165) is 11.1 Å². The van der Waals surface area contributed by atoms with Crippen LogP contribution in [0.5, 0.6) is 5.75 Å². The zero-order chi connectivity index (χ0) is 18.8. The van der Waals surface area contributed by atoms with Crippen molar-refractivity contribution in [3.8, 4) is 5.75 Å². The van der Waals surface area contributed by atoms with Crippen molar-refractivity contribution in [1.29, 1.82) is 0 Å². The molecule has 3 rings (SSSR count). The summed E-state index contributed by atoms with van der Waals surface area (Å²) in [6, 6.07) is 14.0. The van der Waals surface area contributed by atoms with Gasteiger partial charge < -0.3 is 5.11 Å². The lowest BCUT2D eigenvalue weighted by Gasteiger charge is -2.13. The molecule has 0 aromatic heterocycles. The predicted octanol–water partition coefficient (Wildman–Crippen LogP) is 7.84. The van der Waals surface area contributed by atoms with E-state index in [1.54, 1.807) is 36.4 Å². The van der Waals surface area contributed by atoms with E-state index in [-0.39, 0.29) is 5.75 Å². The second kappa shape index (κ2) is 8.29. The average Bonchev–Trinajstić information content (AvgIpc) is 2.56. The fourth-order valence-electron chi connectivity index (χ4n) is 2.73. The first kappa shape index (κ1) is 19.7. The van der Waals surface area contributed by atoms with E-state index < -0.39 is 0 Å². The van der Waals surface area contributed by atoms with Crippen LogP contribution in [0.15, 0.2) is 48.5 Å². The van der Waals surface area contributed by atoms with Crippen molar-refractivity contribution >= 4 is 58.0 Å². The van der Waals surface area contributed by atoms with Crippen LogP contribution in [-0.4, -0.2) is 5.11 Å². The molecule has 0 aliphatic rings. The number of rotatable bonds is 4. The summed E-state index contributed by atoms with van der Waals surface area (Å²) in [5.41, 5.74) is 3.07. The number of hydrogen-bond acceptors (Lipinski definition) is 1. The maximum Gasteiger partial charge on any atom is 0.122 e. The summed E-state index contributed by atoms with van der Waals surface area (Å²) in [7, 11) is 0. The van der Waals surface area contributed by atoms with E-state index in [9.17, 15) is 5.11 Å². The topological polar surface area (TPSA) is 20.2 Å². The van der Waals surface area contributed by atoms with Crippen LogP contribution in [0.3, 0.4) is 0 Å². The normalized spacial score (nSPS) is 11.0. The molecular weight excluding hydrogens is 433 g/mol. The monoisotopic (exact) mass is 444 g/mol. The third kappa shape index (κ3) is 4.60. The van der Waals surface area contributed by atoms with Gasteiger partial charge in [0, 0.05) is 49.1 Å². The molecule has 0 aliphatic carbocycles. The highest BCUT2D eigenvalue weighted by molar-refractivity contribution is 6.35. The van der Waals surface area contributed by atoms with Gasteiger partial charge in [0.1, 0.15) is 5.75 Å². The maximum atomic E-state index is 10.7. The van der Waals surface area contributed by atoms with Gasteiger partial charge in [0.05, 0.1) is 0 Å². The Labute approximate surface area is 177 Å². The van der Waals surface area contributed by atoms with E-state index in [1.807, 2.05) is 12.1 Å². The van der Waals surface area contributed by atoms with Gasteiger partial charge in [-0.05, 0) is 47.5 Å². The molecule has 3 aromatic carbocycles. The summed E-state index contributed by atoms with van der Waals surface area (Å²) in [5, 5.41) is 13.5. The third-order valence-corrected chi connectivity index (χ3v) is 5.42. The van der Waals surface area contributed by atoms with Gasteiger partial charge in [-0.15, -0.1) is 0 Å². The Bertz CT molecular complexity index is 894. The van der Waals surface area contributed by atoms with E-state index in [0.29, 0.717) is 49.1 Å². The zero-order valence-corrected chi connectivity index (χ0v) is 17.1. The molecule has 134 valence electrons.